The lowest BCUT2D eigenvalue weighted by Crippen LogP contribution is -2.57. The number of nitrogens with zero attached hydrogens (tertiary/aromatic N) is 2. The fraction of sp³-hybridized carbons (Fsp3) is 0.444. The summed E-state index contributed by atoms with van der Waals surface area (Å²) in [5.41, 5.74) is 27.8. The summed E-state index contributed by atoms with van der Waals surface area (Å²) < 4.78 is 0. The Bertz CT molecular complexity index is 1160. The Morgan fingerprint density at radius 3 is 1.79 bits per heavy atom. The zero-order valence-corrected chi connectivity index (χ0v) is 23.9. The van der Waals surface area contributed by atoms with E-state index >= 15 is 0 Å². The Labute approximate surface area is 244 Å². The number of hydrogen-bond donors (Lipinski definition) is 8. The topological polar surface area (TPSA) is 276 Å². The van der Waals surface area contributed by atoms with E-state index in [1.165, 1.54) is 6.08 Å². The first-order valence-electron chi connectivity index (χ1n) is 13.4. The van der Waals surface area contributed by atoms with Gasteiger partial charge in [0.25, 0.3) is 5.91 Å². The van der Waals surface area contributed by atoms with Crippen molar-refractivity contribution in [3.05, 3.63) is 41.5 Å². The molecule has 3 atom stereocenters. The van der Waals surface area contributed by atoms with Crippen LogP contribution in [0.4, 0.5) is 0 Å². The molecule has 0 aromatic heterocycles. The summed E-state index contributed by atoms with van der Waals surface area (Å²) in [5, 5.41) is 7.96. The second-order valence-electron chi connectivity index (χ2n) is 9.73. The molecule has 42 heavy (non-hydrogen) atoms. The van der Waals surface area contributed by atoms with E-state index in [0.717, 1.165) is 5.56 Å². The first kappa shape index (κ1) is 35.1. The monoisotopic (exact) mass is 586 g/mol. The molecule has 4 amide bonds. The Hall–Kier alpha value is -4.95. The van der Waals surface area contributed by atoms with Gasteiger partial charge in [-0.15, -0.1) is 0 Å². The Morgan fingerprint density at radius 2 is 1.31 bits per heavy atom. The van der Waals surface area contributed by atoms with E-state index in [2.05, 4.69) is 25.9 Å². The fourth-order valence-corrected chi connectivity index (χ4v) is 3.75. The molecule has 0 unspecified atom stereocenters. The molecule has 1 aromatic carbocycles. The molecule has 230 valence electrons. The van der Waals surface area contributed by atoms with Gasteiger partial charge in [0.05, 0.1) is 0 Å². The van der Waals surface area contributed by atoms with Gasteiger partial charge in [-0.05, 0) is 55.4 Å². The van der Waals surface area contributed by atoms with Gasteiger partial charge >= 0.3 is 0 Å². The number of allylic oxidation sites excluding steroid dienone is 1. The molecule has 0 aliphatic rings. The first-order valence-corrected chi connectivity index (χ1v) is 13.4. The highest BCUT2D eigenvalue weighted by Gasteiger charge is 2.30. The highest BCUT2D eigenvalue weighted by molar-refractivity contribution is 5.99. The Kier molecular flexibility index (Phi) is 15.4. The predicted molar refractivity (Wildman–Crippen MR) is 161 cm³/mol. The van der Waals surface area contributed by atoms with Gasteiger partial charge in [0.15, 0.2) is 11.9 Å². The van der Waals surface area contributed by atoms with Crippen LogP contribution in [0.15, 0.2) is 40.3 Å². The van der Waals surface area contributed by atoms with Gasteiger partial charge in [0.2, 0.25) is 17.7 Å². The summed E-state index contributed by atoms with van der Waals surface area (Å²) in [6.07, 6.45) is 4.54. The van der Waals surface area contributed by atoms with Gasteiger partial charge in [0, 0.05) is 18.7 Å². The van der Waals surface area contributed by atoms with E-state index in [1.54, 1.807) is 44.2 Å². The third-order valence-electron chi connectivity index (χ3n) is 5.96. The quantitative estimate of drug-likeness (QED) is 0.0317. The maximum Gasteiger partial charge on any atom is 0.251 e. The molecule has 0 spiro atoms. The number of carbonyl (C=O) groups is 5. The zero-order chi connectivity index (χ0) is 31.7. The molecular formula is C27H42N10O5. The number of nitrogens with two attached hydrogens (primary N) is 5. The van der Waals surface area contributed by atoms with Crippen LogP contribution >= 0.6 is 0 Å². The molecule has 15 nitrogen and oxygen atoms in total. The minimum absolute atomic E-state index is 0.103. The standard InChI is InChI=1S/C27H42N10O5/c1-16(2)21(37-23(40)18-11-9-17(10-12-18)6-5-15-38)25(42)36-20(8-4-14-34-27(31)32)24(41)35-19(22(28)39)7-3-13-33-26(29)30/h5-6,9-12,15-16,19-21H,3-4,7-8,13-14H2,1-2H3,(H2,28,39)(H,35,41)(H,36,42)(H,37,40)(H4,29,30,33)(H4,31,32,34)/t19-,20-,21-/m0/s1. The van der Waals surface area contributed by atoms with E-state index in [4.69, 9.17) is 28.7 Å². The van der Waals surface area contributed by atoms with Crippen molar-refractivity contribution in [1.29, 1.82) is 0 Å². The van der Waals surface area contributed by atoms with Crippen LogP contribution in [-0.2, 0) is 19.2 Å². The van der Waals surface area contributed by atoms with Gasteiger partial charge < -0.3 is 44.6 Å². The molecule has 0 fully saturated rings. The normalized spacial score (nSPS) is 12.9. The number of benzene rings is 1. The second kappa shape index (κ2) is 18.4. The van der Waals surface area contributed by atoms with Crippen molar-refractivity contribution in [2.45, 2.75) is 57.7 Å². The number of hydrogen-bond acceptors (Lipinski definition) is 7. The number of nitrogens with one attached hydrogen (secondary N) is 3. The molecule has 1 aromatic rings. The summed E-state index contributed by atoms with van der Waals surface area (Å²) in [5.74, 6) is -3.08. The zero-order valence-electron chi connectivity index (χ0n) is 23.9. The number of amides is 4. The first-order chi connectivity index (χ1) is 19.8. The molecule has 0 saturated carbocycles. The van der Waals surface area contributed by atoms with E-state index in [9.17, 15) is 24.0 Å². The average Bonchev–Trinajstić information content (AvgIpc) is 2.93. The smallest absolute Gasteiger partial charge is 0.251 e. The number of carbonyl (C=O) groups excluding carboxylic acids is 5. The fourth-order valence-electron chi connectivity index (χ4n) is 3.75. The van der Waals surface area contributed by atoms with Gasteiger partial charge in [-0.25, -0.2) is 0 Å². The Morgan fingerprint density at radius 1 is 0.786 bits per heavy atom. The Balaban J connectivity index is 3.04. The lowest BCUT2D eigenvalue weighted by atomic mass is 10.0. The van der Waals surface area contributed by atoms with Crippen molar-refractivity contribution in [3.8, 4) is 0 Å². The molecule has 0 heterocycles. The van der Waals surface area contributed by atoms with E-state index in [1.807, 2.05) is 0 Å². The minimum atomic E-state index is -1.09. The van der Waals surface area contributed by atoms with Crippen LogP contribution in [0.1, 0.15) is 55.5 Å². The molecule has 13 N–H and O–H groups in total. The second-order valence-corrected chi connectivity index (χ2v) is 9.73. The number of aliphatic imine (C=N–C) groups is 2. The summed E-state index contributed by atoms with van der Waals surface area (Å²) in [4.78, 5) is 69.7. The summed E-state index contributed by atoms with van der Waals surface area (Å²) in [6, 6.07) is 3.32. The number of primary amides is 1. The third-order valence-corrected chi connectivity index (χ3v) is 5.96. The van der Waals surface area contributed by atoms with Crippen molar-refractivity contribution in [2.24, 2.45) is 44.6 Å². The molecule has 15 heteroatoms. The maximum absolute atomic E-state index is 13.3. The van der Waals surface area contributed by atoms with Gasteiger partial charge in [-0.3, -0.25) is 34.0 Å². The minimum Gasteiger partial charge on any atom is -0.370 e. The molecule has 1 rings (SSSR count). The molecular weight excluding hydrogens is 544 g/mol. The van der Waals surface area contributed by atoms with Crippen molar-refractivity contribution in [2.75, 3.05) is 13.1 Å². The molecule has 0 aliphatic heterocycles. The van der Waals surface area contributed by atoms with Crippen molar-refractivity contribution < 1.29 is 24.0 Å². The molecule has 0 bridgehead atoms. The summed E-state index contributed by atoms with van der Waals surface area (Å²) in [7, 11) is 0. The van der Waals surface area contributed by atoms with Gasteiger partial charge in [-0.2, -0.15) is 0 Å². The summed E-state index contributed by atoms with van der Waals surface area (Å²) in [6.45, 7) is 3.91. The van der Waals surface area contributed by atoms with Crippen LogP contribution in [0.5, 0.6) is 0 Å². The lowest BCUT2D eigenvalue weighted by Gasteiger charge is -2.26. The van der Waals surface area contributed by atoms with Gasteiger partial charge in [0.1, 0.15) is 24.4 Å². The summed E-state index contributed by atoms with van der Waals surface area (Å²) >= 11 is 0. The van der Waals surface area contributed by atoms with Crippen molar-refractivity contribution in [1.82, 2.24) is 16.0 Å². The van der Waals surface area contributed by atoms with Crippen LogP contribution in [-0.4, -0.2) is 73.0 Å². The number of aldehydes is 1. The van der Waals surface area contributed by atoms with Crippen molar-refractivity contribution >= 4 is 47.9 Å². The van der Waals surface area contributed by atoms with E-state index < -0.39 is 41.8 Å². The number of guanidine groups is 2. The van der Waals surface area contributed by atoms with Crippen LogP contribution in [0.2, 0.25) is 0 Å². The van der Waals surface area contributed by atoms with E-state index in [-0.39, 0.29) is 43.8 Å². The van der Waals surface area contributed by atoms with E-state index in [0.29, 0.717) is 24.7 Å². The van der Waals surface area contributed by atoms with Crippen LogP contribution < -0.4 is 44.6 Å². The lowest BCUT2D eigenvalue weighted by molar-refractivity contribution is -0.132. The van der Waals surface area contributed by atoms with Crippen LogP contribution in [0, 0.1) is 5.92 Å². The largest absolute Gasteiger partial charge is 0.370 e. The van der Waals surface area contributed by atoms with Crippen LogP contribution in [0.3, 0.4) is 0 Å². The molecule has 0 radical (unpaired) electrons. The molecule has 0 saturated heterocycles. The highest BCUT2D eigenvalue weighted by Crippen LogP contribution is 2.10. The van der Waals surface area contributed by atoms with Gasteiger partial charge in [-0.1, -0.05) is 32.1 Å². The molecule has 0 aliphatic carbocycles. The number of rotatable bonds is 18. The van der Waals surface area contributed by atoms with Crippen molar-refractivity contribution in [3.63, 3.8) is 0 Å². The third kappa shape index (κ3) is 13.4. The van der Waals surface area contributed by atoms with Crippen LogP contribution in [0.25, 0.3) is 6.08 Å². The maximum atomic E-state index is 13.3. The predicted octanol–water partition coefficient (Wildman–Crippen LogP) is -1.78. The average molecular weight is 587 g/mol. The SMILES string of the molecule is CC(C)[C@H](NC(=O)c1ccc(C=CC=O)cc1)C(=O)N[C@@H](CCCN=C(N)N)C(=O)N[C@@H](CCCN=C(N)N)C(N)=O. The highest BCUT2D eigenvalue weighted by atomic mass is 16.2.